The number of esters is 1. The lowest BCUT2D eigenvalue weighted by molar-refractivity contribution is -0.129. The highest BCUT2D eigenvalue weighted by Gasteiger charge is 2.27. The molecule has 0 spiro atoms. The van der Waals surface area contributed by atoms with Crippen molar-refractivity contribution < 1.29 is 19.1 Å². The highest BCUT2D eigenvalue weighted by molar-refractivity contribution is 6.42. The standard InChI is InChI=1S/C16H21NO4/c1-10(2)17(11(3)4)15(19)14(18)12-6-8-13(9-7-12)16(20)21-5/h6-11H,1-5H3. The Hall–Kier alpha value is -2.17. The molecule has 0 bridgehead atoms. The van der Waals surface area contributed by atoms with Crippen LogP contribution in [0.4, 0.5) is 0 Å². The van der Waals surface area contributed by atoms with Crippen molar-refractivity contribution in [3.05, 3.63) is 35.4 Å². The van der Waals surface area contributed by atoms with Gasteiger partial charge in [-0.05, 0) is 52.0 Å². The van der Waals surface area contributed by atoms with Gasteiger partial charge in [0.05, 0.1) is 12.7 Å². The fraction of sp³-hybridized carbons (Fsp3) is 0.438. The van der Waals surface area contributed by atoms with E-state index in [1.807, 2.05) is 27.7 Å². The number of nitrogens with zero attached hydrogens (tertiary/aromatic N) is 1. The summed E-state index contributed by atoms with van der Waals surface area (Å²) in [6.45, 7) is 7.47. The molecule has 1 aromatic rings. The zero-order chi connectivity index (χ0) is 16.2. The Balaban J connectivity index is 2.97. The summed E-state index contributed by atoms with van der Waals surface area (Å²) in [6, 6.07) is 5.76. The molecule has 0 aromatic heterocycles. The number of hydrogen-bond acceptors (Lipinski definition) is 4. The summed E-state index contributed by atoms with van der Waals surface area (Å²) in [5.74, 6) is -1.59. The van der Waals surface area contributed by atoms with Gasteiger partial charge in [-0.15, -0.1) is 0 Å². The highest BCUT2D eigenvalue weighted by Crippen LogP contribution is 2.12. The molecule has 0 saturated heterocycles. The number of methoxy groups -OCH3 is 1. The van der Waals surface area contributed by atoms with E-state index in [1.54, 1.807) is 0 Å². The van der Waals surface area contributed by atoms with Crippen molar-refractivity contribution in [2.75, 3.05) is 7.11 Å². The molecule has 0 N–H and O–H groups in total. The Morgan fingerprint density at radius 1 is 0.905 bits per heavy atom. The first-order chi connectivity index (χ1) is 9.79. The van der Waals surface area contributed by atoms with Gasteiger partial charge in [0.2, 0.25) is 5.78 Å². The van der Waals surface area contributed by atoms with E-state index in [4.69, 9.17) is 0 Å². The topological polar surface area (TPSA) is 63.7 Å². The van der Waals surface area contributed by atoms with Crippen LogP contribution < -0.4 is 0 Å². The first kappa shape index (κ1) is 16.9. The summed E-state index contributed by atoms with van der Waals surface area (Å²) in [6.07, 6.45) is 0. The maximum atomic E-state index is 12.3. The molecule has 1 rings (SSSR count). The van der Waals surface area contributed by atoms with Crippen molar-refractivity contribution in [3.8, 4) is 0 Å². The number of hydrogen-bond donors (Lipinski definition) is 0. The predicted octanol–water partition coefficient (Wildman–Crippen LogP) is 2.30. The number of Topliss-reactive ketones (excluding diaryl/α,β-unsaturated/α-hetero) is 1. The van der Waals surface area contributed by atoms with Gasteiger partial charge in [-0.25, -0.2) is 4.79 Å². The maximum absolute atomic E-state index is 12.3. The Morgan fingerprint density at radius 2 is 1.33 bits per heavy atom. The molecule has 0 saturated carbocycles. The van der Waals surface area contributed by atoms with E-state index in [9.17, 15) is 14.4 Å². The number of benzene rings is 1. The van der Waals surface area contributed by atoms with Gasteiger partial charge in [-0.2, -0.15) is 0 Å². The lowest BCUT2D eigenvalue weighted by atomic mass is 10.1. The van der Waals surface area contributed by atoms with Gasteiger partial charge in [0.15, 0.2) is 0 Å². The summed E-state index contributed by atoms with van der Waals surface area (Å²) in [4.78, 5) is 37.4. The molecular formula is C16H21NO4. The van der Waals surface area contributed by atoms with Crippen LogP contribution in [0.2, 0.25) is 0 Å². The van der Waals surface area contributed by atoms with Gasteiger partial charge in [0.25, 0.3) is 5.91 Å². The van der Waals surface area contributed by atoms with E-state index in [2.05, 4.69) is 4.74 Å². The summed E-state index contributed by atoms with van der Waals surface area (Å²) in [5, 5.41) is 0. The van der Waals surface area contributed by atoms with Crippen LogP contribution in [0.25, 0.3) is 0 Å². The fourth-order valence-electron chi connectivity index (χ4n) is 2.18. The molecule has 0 atom stereocenters. The number of rotatable bonds is 5. The first-order valence-electron chi connectivity index (χ1n) is 6.85. The lowest BCUT2D eigenvalue weighted by Crippen LogP contribution is -2.45. The summed E-state index contributed by atoms with van der Waals surface area (Å²) in [5.41, 5.74) is 0.602. The molecule has 0 fully saturated rings. The molecule has 114 valence electrons. The fourth-order valence-corrected chi connectivity index (χ4v) is 2.18. The summed E-state index contributed by atoms with van der Waals surface area (Å²) < 4.78 is 4.59. The van der Waals surface area contributed by atoms with Gasteiger partial charge < -0.3 is 9.64 Å². The van der Waals surface area contributed by atoms with Gasteiger partial charge in [-0.3, -0.25) is 9.59 Å². The molecule has 5 nitrogen and oxygen atoms in total. The Kier molecular flexibility index (Phi) is 5.64. The van der Waals surface area contributed by atoms with Gasteiger partial charge in [0, 0.05) is 17.6 Å². The molecule has 0 unspecified atom stereocenters. The predicted molar refractivity (Wildman–Crippen MR) is 79.2 cm³/mol. The van der Waals surface area contributed by atoms with E-state index in [-0.39, 0.29) is 17.6 Å². The number of ether oxygens (including phenoxy) is 1. The summed E-state index contributed by atoms with van der Waals surface area (Å²) in [7, 11) is 1.29. The normalized spacial score (nSPS) is 10.6. The molecule has 0 aliphatic rings. The van der Waals surface area contributed by atoms with E-state index in [0.29, 0.717) is 5.56 Å². The summed E-state index contributed by atoms with van der Waals surface area (Å²) >= 11 is 0. The molecule has 0 heterocycles. The van der Waals surface area contributed by atoms with Gasteiger partial charge in [-0.1, -0.05) is 0 Å². The van der Waals surface area contributed by atoms with Crippen LogP contribution in [0.1, 0.15) is 48.4 Å². The third-order valence-corrected chi connectivity index (χ3v) is 3.11. The van der Waals surface area contributed by atoms with Crippen LogP contribution >= 0.6 is 0 Å². The van der Waals surface area contributed by atoms with Crippen LogP contribution in [-0.2, 0) is 9.53 Å². The number of carbonyl (C=O) groups is 3. The molecule has 1 amide bonds. The molecule has 0 radical (unpaired) electrons. The lowest BCUT2D eigenvalue weighted by Gasteiger charge is -2.30. The monoisotopic (exact) mass is 291 g/mol. The minimum atomic E-state index is -0.575. The number of amides is 1. The van der Waals surface area contributed by atoms with Crippen LogP contribution in [0.5, 0.6) is 0 Å². The molecule has 5 heteroatoms. The number of carbonyl (C=O) groups excluding carboxylic acids is 3. The van der Waals surface area contributed by atoms with Gasteiger partial charge in [0.1, 0.15) is 0 Å². The van der Waals surface area contributed by atoms with Crippen LogP contribution in [0, 0.1) is 0 Å². The van der Waals surface area contributed by atoms with Gasteiger partial charge >= 0.3 is 5.97 Å². The minimum Gasteiger partial charge on any atom is -0.465 e. The van der Waals surface area contributed by atoms with Crippen molar-refractivity contribution in [3.63, 3.8) is 0 Å². The van der Waals surface area contributed by atoms with Crippen molar-refractivity contribution in [1.82, 2.24) is 4.90 Å². The van der Waals surface area contributed by atoms with Crippen molar-refractivity contribution in [2.45, 2.75) is 39.8 Å². The third kappa shape index (κ3) is 3.90. The highest BCUT2D eigenvalue weighted by atomic mass is 16.5. The zero-order valence-corrected chi connectivity index (χ0v) is 13.0. The van der Waals surface area contributed by atoms with Crippen molar-refractivity contribution in [1.29, 1.82) is 0 Å². The molecule has 21 heavy (non-hydrogen) atoms. The van der Waals surface area contributed by atoms with E-state index in [0.717, 1.165) is 0 Å². The average Bonchev–Trinajstić information content (AvgIpc) is 2.45. The quantitative estimate of drug-likeness (QED) is 0.474. The van der Waals surface area contributed by atoms with Crippen molar-refractivity contribution >= 4 is 17.7 Å². The van der Waals surface area contributed by atoms with Crippen LogP contribution in [0.3, 0.4) is 0 Å². The van der Waals surface area contributed by atoms with E-state index in [1.165, 1.54) is 36.3 Å². The Morgan fingerprint density at radius 3 is 1.71 bits per heavy atom. The molecule has 0 aliphatic carbocycles. The first-order valence-corrected chi connectivity index (χ1v) is 6.85. The largest absolute Gasteiger partial charge is 0.465 e. The smallest absolute Gasteiger partial charge is 0.337 e. The van der Waals surface area contributed by atoms with Crippen molar-refractivity contribution in [2.24, 2.45) is 0 Å². The third-order valence-electron chi connectivity index (χ3n) is 3.11. The van der Waals surface area contributed by atoms with Crippen LogP contribution in [-0.4, -0.2) is 41.8 Å². The molecule has 0 aliphatic heterocycles. The second-order valence-corrected chi connectivity index (χ2v) is 5.30. The van der Waals surface area contributed by atoms with E-state index >= 15 is 0 Å². The Bertz CT molecular complexity index is 524. The molecule has 1 aromatic carbocycles. The zero-order valence-electron chi connectivity index (χ0n) is 13.0. The van der Waals surface area contributed by atoms with E-state index < -0.39 is 17.7 Å². The molecular weight excluding hydrogens is 270 g/mol. The van der Waals surface area contributed by atoms with Crippen LogP contribution in [0.15, 0.2) is 24.3 Å². The second kappa shape index (κ2) is 7.02. The SMILES string of the molecule is COC(=O)c1ccc(C(=O)C(=O)N(C(C)C)C(C)C)cc1. The average molecular weight is 291 g/mol. The maximum Gasteiger partial charge on any atom is 0.337 e. The Labute approximate surface area is 124 Å². The number of ketones is 1. The second-order valence-electron chi connectivity index (χ2n) is 5.30. The minimum absolute atomic E-state index is 0.0595.